The Kier molecular flexibility index (Phi) is 5.51. The first-order valence-corrected chi connectivity index (χ1v) is 8.02. The molecule has 0 unspecified atom stereocenters. The molecule has 1 nitrogen and oxygen atoms in total. The zero-order chi connectivity index (χ0) is 16.2. The molecule has 5 heteroatoms. The van der Waals surface area contributed by atoms with Crippen LogP contribution in [0.25, 0.3) is 11.1 Å². The molecule has 2 aromatic carbocycles. The molecule has 0 aromatic heterocycles. The topological polar surface area (TPSA) is 9.23 Å². The highest BCUT2D eigenvalue weighted by molar-refractivity contribution is 9.09. The van der Waals surface area contributed by atoms with E-state index in [1.807, 2.05) is 13.0 Å². The monoisotopic (exact) mass is 372 g/mol. The van der Waals surface area contributed by atoms with Crippen molar-refractivity contribution in [1.82, 2.24) is 0 Å². The zero-order valence-corrected chi connectivity index (χ0v) is 13.7. The molecule has 0 radical (unpaired) electrons. The summed E-state index contributed by atoms with van der Waals surface area (Å²) in [4.78, 5) is 0. The number of benzene rings is 2. The van der Waals surface area contributed by atoms with Crippen LogP contribution in [0.4, 0.5) is 13.2 Å². The number of halogens is 4. The van der Waals surface area contributed by atoms with Crippen molar-refractivity contribution in [3.8, 4) is 16.9 Å². The van der Waals surface area contributed by atoms with E-state index in [2.05, 4.69) is 15.9 Å². The van der Waals surface area contributed by atoms with Gasteiger partial charge in [0, 0.05) is 10.9 Å². The predicted molar refractivity (Wildman–Crippen MR) is 85.5 cm³/mol. The molecule has 0 saturated heterocycles. The second-order valence-corrected chi connectivity index (χ2v) is 5.68. The first kappa shape index (κ1) is 16.9. The minimum atomic E-state index is -4.40. The molecule has 0 aliphatic carbocycles. The average molecular weight is 373 g/mol. The number of ether oxygens (including phenoxy) is 1. The van der Waals surface area contributed by atoms with E-state index >= 15 is 0 Å². The molecule has 2 aromatic rings. The van der Waals surface area contributed by atoms with Crippen molar-refractivity contribution in [3.63, 3.8) is 0 Å². The first-order valence-electron chi connectivity index (χ1n) is 6.90. The fourth-order valence-corrected chi connectivity index (χ4v) is 2.48. The molecule has 118 valence electrons. The highest BCUT2D eigenvalue weighted by Gasteiger charge is 2.34. The number of hydrogen-bond donors (Lipinski definition) is 0. The number of hydrogen-bond acceptors (Lipinski definition) is 1. The smallest absolute Gasteiger partial charge is 0.417 e. The van der Waals surface area contributed by atoms with Gasteiger partial charge in [0.25, 0.3) is 0 Å². The van der Waals surface area contributed by atoms with Crippen LogP contribution >= 0.6 is 15.9 Å². The van der Waals surface area contributed by atoms with Gasteiger partial charge in [0.2, 0.25) is 0 Å². The van der Waals surface area contributed by atoms with E-state index in [4.69, 9.17) is 4.74 Å². The van der Waals surface area contributed by atoms with E-state index in [-0.39, 0.29) is 5.56 Å². The van der Waals surface area contributed by atoms with Crippen LogP contribution in [0.15, 0.2) is 42.5 Å². The van der Waals surface area contributed by atoms with Gasteiger partial charge in [-0.2, -0.15) is 13.2 Å². The van der Waals surface area contributed by atoms with Crippen LogP contribution < -0.4 is 4.74 Å². The predicted octanol–water partition coefficient (Wildman–Crippen LogP) is 5.84. The lowest BCUT2D eigenvalue weighted by Gasteiger charge is -2.17. The molecule has 0 bridgehead atoms. The SMILES string of the molecule is Cc1cccc(-c2ccccc2C(F)(F)F)c1OCCCBr. The van der Waals surface area contributed by atoms with Crippen molar-refractivity contribution in [2.45, 2.75) is 19.5 Å². The number of aryl methyl sites for hydroxylation is 1. The Morgan fingerprint density at radius 3 is 2.36 bits per heavy atom. The van der Waals surface area contributed by atoms with Crippen molar-refractivity contribution < 1.29 is 17.9 Å². The summed E-state index contributed by atoms with van der Waals surface area (Å²) in [5.41, 5.74) is 0.796. The van der Waals surface area contributed by atoms with Gasteiger partial charge in [0.15, 0.2) is 0 Å². The van der Waals surface area contributed by atoms with Gasteiger partial charge in [-0.25, -0.2) is 0 Å². The molecule has 0 N–H and O–H groups in total. The van der Waals surface area contributed by atoms with Crippen LogP contribution in [0.1, 0.15) is 17.5 Å². The molecular formula is C17H16BrF3O. The second kappa shape index (κ2) is 7.18. The molecule has 0 heterocycles. The van der Waals surface area contributed by atoms with Gasteiger partial charge in [-0.05, 0) is 30.5 Å². The van der Waals surface area contributed by atoms with Gasteiger partial charge in [0.05, 0.1) is 12.2 Å². The van der Waals surface area contributed by atoms with Crippen molar-refractivity contribution in [2.75, 3.05) is 11.9 Å². The maximum absolute atomic E-state index is 13.2. The third kappa shape index (κ3) is 3.83. The normalized spacial score (nSPS) is 11.5. The number of alkyl halides is 4. The van der Waals surface area contributed by atoms with Crippen LogP contribution in [-0.4, -0.2) is 11.9 Å². The van der Waals surface area contributed by atoms with Gasteiger partial charge in [-0.3, -0.25) is 0 Å². The molecule has 0 amide bonds. The maximum Gasteiger partial charge on any atom is 0.417 e. The Morgan fingerprint density at radius 2 is 1.68 bits per heavy atom. The molecule has 2 rings (SSSR count). The van der Waals surface area contributed by atoms with E-state index in [0.29, 0.717) is 17.9 Å². The molecular weight excluding hydrogens is 357 g/mol. The molecule has 0 fully saturated rings. The Hall–Kier alpha value is -1.49. The molecule has 22 heavy (non-hydrogen) atoms. The highest BCUT2D eigenvalue weighted by atomic mass is 79.9. The van der Waals surface area contributed by atoms with Crippen molar-refractivity contribution in [3.05, 3.63) is 53.6 Å². The average Bonchev–Trinajstić information content (AvgIpc) is 2.48. The van der Waals surface area contributed by atoms with Gasteiger partial charge in [-0.15, -0.1) is 0 Å². The Labute approximate surface area is 136 Å². The van der Waals surface area contributed by atoms with Crippen molar-refractivity contribution >= 4 is 15.9 Å². The lowest BCUT2D eigenvalue weighted by atomic mass is 9.97. The first-order chi connectivity index (χ1) is 10.4. The standard InChI is InChI=1S/C17H16BrF3O/c1-12-6-4-8-14(16(12)22-11-5-10-18)13-7-2-3-9-15(13)17(19,20)21/h2-4,6-9H,5,10-11H2,1H3. The Bertz CT molecular complexity index is 638. The summed E-state index contributed by atoms with van der Waals surface area (Å²) < 4.78 is 45.4. The second-order valence-electron chi connectivity index (χ2n) is 4.89. The number of rotatable bonds is 5. The molecule has 0 aliphatic rings. The van der Waals surface area contributed by atoms with Gasteiger partial charge < -0.3 is 4.74 Å². The summed E-state index contributed by atoms with van der Waals surface area (Å²) in [6.07, 6.45) is -3.61. The lowest BCUT2D eigenvalue weighted by Crippen LogP contribution is -2.08. The minimum absolute atomic E-state index is 0.146. The maximum atomic E-state index is 13.2. The van der Waals surface area contributed by atoms with Crippen LogP contribution in [-0.2, 0) is 6.18 Å². The molecule has 0 aliphatic heterocycles. The molecule has 0 spiro atoms. The third-order valence-electron chi connectivity index (χ3n) is 3.26. The fraction of sp³-hybridized carbons (Fsp3) is 0.294. The summed E-state index contributed by atoms with van der Waals surface area (Å²) in [5, 5.41) is 0.785. The minimum Gasteiger partial charge on any atom is -0.493 e. The summed E-state index contributed by atoms with van der Waals surface area (Å²) in [5.74, 6) is 0.514. The van der Waals surface area contributed by atoms with Crippen LogP contribution in [0.2, 0.25) is 0 Å². The Morgan fingerprint density at radius 1 is 1.00 bits per heavy atom. The fourth-order valence-electron chi connectivity index (χ4n) is 2.25. The van der Waals surface area contributed by atoms with E-state index in [1.165, 1.54) is 12.1 Å². The van der Waals surface area contributed by atoms with E-state index < -0.39 is 11.7 Å². The summed E-state index contributed by atoms with van der Waals surface area (Å²) in [7, 11) is 0. The van der Waals surface area contributed by atoms with Crippen LogP contribution in [0.3, 0.4) is 0 Å². The van der Waals surface area contributed by atoms with Crippen molar-refractivity contribution in [2.24, 2.45) is 0 Å². The third-order valence-corrected chi connectivity index (χ3v) is 3.82. The van der Waals surface area contributed by atoms with Crippen LogP contribution in [0.5, 0.6) is 5.75 Å². The van der Waals surface area contributed by atoms with Gasteiger partial charge >= 0.3 is 6.18 Å². The largest absolute Gasteiger partial charge is 0.493 e. The summed E-state index contributed by atoms with van der Waals surface area (Å²) in [6.45, 7) is 2.29. The van der Waals surface area contributed by atoms with E-state index in [0.717, 1.165) is 23.4 Å². The summed E-state index contributed by atoms with van der Waals surface area (Å²) >= 11 is 3.31. The van der Waals surface area contributed by atoms with Gasteiger partial charge in [0.1, 0.15) is 5.75 Å². The Balaban J connectivity index is 2.52. The quantitative estimate of drug-likeness (QED) is 0.472. The lowest BCUT2D eigenvalue weighted by molar-refractivity contribution is -0.137. The zero-order valence-electron chi connectivity index (χ0n) is 12.1. The van der Waals surface area contributed by atoms with E-state index in [9.17, 15) is 13.2 Å². The van der Waals surface area contributed by atoms with Crippen molar-refractivity contribution in [1.29, 1.82) is 0 Å². The highest BCUT2D eigenvalue weighted by Crippen LogP contribution is 2.41. The summed E-state index contributed by atoms with van der Waals surface area (Å²) in [6, 6.07) is 10.8. The molecule has 0 atom stereocenters. The number of para-hydroxylation sites is 1. The van der Waals surface area contributed by atoms with E-state index in [1.54, 1.807) is 18.2 Å². The van der Waals surface area contributed by atoms with Crippen LogP contribution in [0, 0.1) is 6.92 Å². The van der Waals surface area contributed by atoms with Gasteiger partial charge in [-0.1, -0.05) is 52.3 Å². The molecule has 0 saturated carbocycles.